The number of sulfonamides is 1. The lowest BCUT2D eigenvalue weighted by molar-refractivity contribution is 0.570. The number of fused-ring (bicyclic) bond motifs is 3. The van der Waals surface area contributed by atoms with Crippen LogP contribution in [0.2, 0.25) is 0 Å². The molecule has 0 atom stereocenters. The van der Waals surface area contributed by atoms with E-state index in [4.69, 9.17) is 10.7 Å². The van der Waals surface area contributed by atoms with Gasteiger partial charge in [-0.15, -0.1) is 0 Å². The summed E-state index contributed by atoms with van der Waals surface area (Å²) in [5, 5.41) is 0. The lowest BCUT2D eigenvalue weighted by Crippen LogP contribution is -2.28. The number of imidazole rings is 1. The maximum Gasteiger partial charge on any atom is 0.240 e. The molecule has 0 aliphatic heterocycles. The number of aryl methyl sites for hydroxylation is 1. The van der Waals surface area contributed by atoms with E-state index in [1.165, 1.54) is 0 Å². The minimum Gasteiger partial charge on any atom is -0.382 e. The number of aromatic nitrogens is 4. The van der Waals surface area contributed by atoms with E-state index in [-0.39, 0.29) is 11.4 Å². The van der Waals surface area contributed by atoms with Crippen molar-refractivity contribution in [3.63, 3.8) is 0 Å². The van der Waals surface area contributed by atoms with Crippen LogP contribution in [0.5, 0.6) is 0 Å². The highest BCUT2D eigenvalue weighted by Crippen LogP contribution is 2.28. The second-order valence-corrected chi connectivity index (χ2v) is 8.83. The largest absolute Gasteiger partial charge is 0.382 e. The van der Waals surface area contributed by atoms with Gasteiger partial charge in [0.05, 0.1) is 10.4 Å². The van der Waals surface area contributed by atoms with Gasteiger partial charge in [-0.05, 0) is 30.7 Å². The number of hydrogen-bond acceptors (Lipinski definition) is 6. The molecule has 1 aromatic carbocycles. The first-order valence-corrected chi connectivity index (χ1v) is 11.4. The molecule has 0 spiro atoms. The second-order valence-electron chi connectivity index (χ2n) is 7.06. The molecule has 3 heterocycles. The first-order valence-electron chi connectivity index (χ1n) is 9.95. The molecule has 4 aromatic rings. The zero-order valence-electron chi connectivity index (χ0n) is 16.7. The van der Waals surface area contributed by atoms with Crippen molar-refractivity contribution in [2.75, 3.05) is 12.3 Å². The Morgan fingerprint density at radius 3 is 2.63 bits per heavy atom. The maximum absolute atomic E-state index is 12.6. The smallest absolute Gasteiger partial charge is 0.240 e. The van der Waals surface area contributed by atoms with Gasteiger partial charge in [0.2, 0.25) is 10.0 Å². The van der Waals surface area contributed by atoms with Crippen LogP contribution in [-0.4, -0.2) is 34.5 Å². The van der Waals surface area contributed by atoms with E-state index in [9.17, 15) is 8.42 Å². The minimum atomic E-state index is -3.58. The van der Waals surface area contributed by atoms with E-state index >= 15 is 0 Å². The molecule has 30 heavy (non-hydrogen) atoms. The standard InChI is InChI=1S/C21H24N6O2S/c1-2-3-11-17-26-19-20(18-16(25-21(19)22)10-7-12-23-18)27(17)14-13-24-30(28,29)15-8-5-4-6-9-15/h4-10,12,24H,2-3,11,13-14H2,1H3,(H2,22,25). The first kappa shape index (κ1) is 20.2. The van der Waals surface area contributed by atoms with Gasteiger partial charge in [-0.1, -0.05) is 31.5 Å². The molecule has 0 unspecified atom stereocenters. The number of anilines is 1. The Labute approximate surface area is 175 Å². The molecule has 0 radical (unpaired) electrons. The zero-order chi connectivity index (χ0) is 21.1. The van der Waals surface area contributed by atoms with Crippen LogP contribution < -0.4 is 10.5 Å². The average Bonchev–Trinajstić information content (AvgIpc) is 3.12. The molecular weight excluding hydrogens is 400 g/mol. The monoisotopic (exact) mass is 424 g/mol. The third-order valence-corrected chi connectivity index (χ3v) is 6.45. The van der Waals surface area contributed by atoms with E-state index in [1.807, 2.05) is 16.7 Å². The number of hydrogen-bond donors (Lipinski definition) is 2. The third-order valence-electron chi connectivity index (χ3n) is 4.98. The molecule has 0 saturated heterocycles. The van der Waals surface area contributed by atoms with Crippen molar-refractivity contribution >= 4 is 37.9 Å². The lowest BCUT2D eigenvalue weighted by atomic mass is 10.2. The molecule has 0 aliphatic rings. The van der Waals surface area contributed by atoms with Crippen LogP contribution in [0.15, 0.2) is 53.6 Å². The summed E-state index contributed by atoms with van der Waals surface area (Å²) in [4.78, 5) is 13.9. The Kier molecular flexibility index (Phi) is 5.65. The van der Waals surface area contributed by atoms with Crippen molar-refractivity contribution in [2.45, 2.75) is 37.6 Å². The number of rotatable bonds is 8. The molecule has 0 amide bonds. The van der Waals surface area contributed by atoms with Crippen LogP contribution >= 0.6 is 0 Å². The van der Waals surface area contributed by atoms with Gasteiger partial charge in [0.15, 0.2) is 5.82 Å². The Morgan fingerprint density at radius 1 is 1.07 bits per heavy atom. The Balaban J connectivity index is 1.71. The number of benzene rings is 1. The summed E-state index contributed by atoms with van der Waals surface area (Å²) in [5.74, 6) is 1.21. The number of nitrogen functional groups attached to an aromatic ring is 1. The Hall–Kier alpha value is -3.04. The quantitative estimate of drug-likeness (QED) is 0.449. The van der Waals surface area contributed by atoms with Gasteiger partial charge in [-0.3, -0.25) is 4.98 Å². The molecule has 0 bridgehead atoms. The molecule has 156 valence electrons. The minimum absolute atomic E-state index is 0.221. The average molecular weight is 425 g/mol. The predicted molar refractivity (Wildman–Crippen MR) is 117 cm³/mol. The topological polar surface area (TPSA) is 116 Å². The molecule has 0 aliphatic carbocycles. The van der Waals surface area contributed by atoms with Crippen LogP contribution in [0.25, 0.3) is 22.1 Å². The summed E-state index contributed by atoms with van der Waals surface area (Å²) < 4.78 is 29.8. The summed E-state index contributed by atoms with van der Waals surface area (Å²) in [6.45, 7) is 2.75. The van der Waals surface area contributed by atoms with Crippen molar-refractivity contribution in [1.82, 2.24) is 24.2 Å². The molecule has 0 saturated carbocycles. The fraction of sp³-hybridized carbons (Fsp3) is 0.286. The maximum atomic E-state index is 12.6. The zero-order valence-corrected chi connectivity index (χ0v) is 17.6. The van der Waals surface area contributed by atoms with Crippen LogP contribution in [0.3, 0.4) is 0 Å². The van der Waals surface area contributed by atoms with Crippen LogP contribution in [0.1, 0.15) is 25.6 Å². The lowest BCUT2D eigenvalue weighted by Gasteiger charge is -2.12. The Bertz CT molecular complexity index is 1290. The number of pyridine rings is 2. The second kappa shape index (κ2) is 8.37. The van der Waals surface area contributed by atoms with E-state index in [1.54, 1.807) is 36.5 Å². The van der Waals surface area contributed by atoms with Gasteiger partial charge in [-0.2, -0.15) is 0 Å². The molecule has 0 fully saturated rings. The van der Waals surface area contributed by atoms with Gasteiger partial charge in [0.25, 0.3) is 0 Å². The van der Waals surface area contributed by atoms with E-state index in [0.29, 0.717) is 28.9 Å². The highest BCUT2D eigenvalue weighted by Gasteiger charge is 2.19. The SMILES string of the molecule is CCCCc1nc2c(N)nc3cccnc3c2n1CCNS(=O)(=O)c1ccccc1. The summed E-state index contributed by atoms with van der Waals surface area (Å²) in [6.07, 6.45) is 4.47. The van der Waals surface area contributed by atoms with Crippen molar-refractivity contribution < 1.29 is 8.42 Å². The van der Waals surface area contributed by atoms with Gasteiger partial charge in [0.1, 0.15) is 22.4 Å². The third kappa shape index (κ3) is 3.86. The van der Waals surface area contributed by atoms with Gasteiger partial charge < -0.3 is 10.3 Å². The Morgan fingerprint density at radius 2 is 1.87 bits per heavy atom. The summed E-state index contributed by atoms with van der Waals surface area (Å²) >= 11 is 0. The van der Waals surface area contributed by atoms with Gasteiger partial charge in [0, 0.05) is 25.7 Å². The molecule has 8 nitrogen and oxygen atoms in total. The number of unbranched alkanes of at least 4 members (excludes halogenated alkanes) is 1. The van der Waals surface area contributed by atoms with Crippen molar-refractivity contribution in [1.29, 1.82) is 0 Å². The predicted octanol–water partition coefficient (Wildman–Crippen LogP) is 2.88. The van der Waals surface area contributed by atoms with E-state index in [2.05, 4.69) is 21.6 Å². The first-order chi connectivity index (χ1) is 14.5. The molecule has 3 aromatic heterocycles. The van der Waals surface area contributed by atoms with Crippen LogP contribution in [0.4, 0.5) is 5.82 Å². The van der Waals surface area contributed by atoms with Gasteiger partial charge in [-0.25, -0.2) is 23.1 Å². The summed E-state index contributed by atoms with van der Waals surface area (Å²) in [5.41, 5.74) is 8.99. The van der Waals surface area contributed by atoms with E-state index < -0.39 is 10.0 Å². The molecule has 4 rings (SSSR count). The molecule has 3 N–H and O–H groups in total. The van der Waals surface area contributed by atoms with E-state index in [0.717, 1.165) is 30.6 Å². The number of nitrogens with one attached hydrogen (secondary N) is 1. The summed E-state index contributed by atoms with van der Waals surface area (Å²) in [7, 11) is -3.58. The normalized spacial score (nSPS) is 12.0. The van der Waals surface area contributed by atoms with Crippen LogP contribution in [-0.2, 0) is 23.0 Å². The van der Waals surface area contributed by atoms with Crippen molar-refractivity contribution in [3.8, 4) is 0 Å². The van der Waals surface area contributed by atoms with Crippen molar-refractivity contribution in [2.24, 2.45) is 0 Å². The molecule has 9 heteroatoms. The van der Waals surface area contributed by atoms with Gasteiger partial charge >= 0.3 is 0 Å². The highest BCUT2D eigenvalue weighted by atomic mass is 32.2. The number of nitrogens with two attached hydrogens (primary N) is 1. The fourth-order valence-corrected chi connectivity index (χ4v) is 4.55. The number of nitrogens with zero attached hydrogens (tertiary/aromatic N) is 4. The van der Waals surface area contributed by atoms with Crippen molar-refractivity contribution in [3.05, 3.63) is 54.5 Å². The molecular formula is C21H24N6O2S. The fourth-order valence-electron chi connectivity index (χ4n) is 3.51. The summed E-state index contributed by atoms with van der Waals surface area (Å²) in [6, 6.07) is 12.0. The highest BCUT2D eigenvalue weighted by molar-refractivity contribution is 7.89. The van der Waals surface area contributed by atoms with Crippen LogP contribution in [0, 0.1) is 0 Å².